The van der Waals surface area contributed by atoms with Crippen LogP contribution < -0.4 is 4.31 Å². The lowest BCUT2D eigenvalue weighted by Gasteiger charge is -2.19. The third-order valence-electron chi connectivity index (χ3n) is 1.83. The molecule has 1 aromatic rings. The normalized spacial score (nSPS) is 10.1. The highest BCUT2D eigenvalue weighted by Crippen LogP contribution is 2.23. The van der Waals surface area contributed by atoms with E-state index in [1.54, 1.807) is 18.0 Å². The van der Waals surface area contributed by atoms with Crippen LogP contribution in [0.2, 0.25) is 5.02 Å². The second kappa shape index (κ2) is 5.98. The van der Waals surface area contributed by atoms with Crippen molar-refractivity contribution < 1.29 is 4.79 Å². The minimum absolute atomic E-state index is 0.395. The zero-order valence-corrected chi connectivity index (χ0v) is 10.3. The van der Waals surface area contributed by atoms with Crippen molar-refractivity contribution in [3.05, 3.63) is 22.8 Å². The number of carbonyl (C=O) groups is 1. The van der Waals surface area contributed by atoms with Crippen molar-refractivity contribution in [3.63, 3.8) is 0 Å². The molecular weight excluding hydrogens is 232 g/mol. The Morgan fingerprint density at radius 2 is 2.33 bits per heavy atom. The van der Waals surface area contributed by atoms with Gasteiger partial charge >= 0.3 is 0 Å². The SMILES string of the molecule is CCSN(CC)c1cc(C=O)c(Cl)cn1. The minimum atomic E-state index is 0.395. The first-order valence-electron chi connectivity index (χ1n) is 4.74. The number of pyridine rings is 1. The molecule has 0 spiro atoms. The van der Waals surface area contributed by atoms with E-state index in [0.717, 1.165) is 24.4 Å². The summed E-state index contributed by atoms with van der Waals surface area (Å²) in [4.78, 5) is 14.9. The highest BCUT2D eigenvalue weighted by Gasteiger charge is 2.08. The van der Waals surface area contributed by atoms with Gasteiger partial charge in [-0.25, -0.2) is 4.98 Å². The summed E-state index contributed by atoms with van der Waals surface area (Å²) in [5, 5.41) is 0.395. The first-order chi connectivity index (χ1) is 7.22. The molecule has 0 aliphatic carbocycles. The fraction of sp³-hybridized carbons (Fsp3) is 0.400. The van der Waals surface area contributed by atoms with E-state index in [9.17, 15) is 4.79 Å². The molecule has 0 saturated carbocycles. The lowest BCUT2D eigenvalue weighted by atomic mass is 10.3. The fourth-order valence-corrected chi connectivity index (χ4v) is 2.02. The van der Waals surface area contributed by atoms with E-state index in [1.165, 1.54) is 6.20 Å². The van der Waals surface area contributed by atoms with Gasteiger partial charge in [0.05, 0.1) is 5.02 Å². The molecule has 0 aliphatic heterocycles. The first kappa shape index (κ1) is 12.3. The van der Waals surface area contributed by atoms with Crippen LogP contribution in [0.1, 0.15) is 24.2 Å². The lowest BCUT2D eigenvalue weighted by Crippen LogP contribution is -2.15. The third kappa shape index (κ3) is 3.11. The summed E-state index contributed by atoms with van der Waals surface area (Å²) < 4.78 is 2.03. The lowest BCUT2D eigenvalue weighted by molar-refractivity contribution is 0.112. The Labute approximate surface area is 99.0 Å². The van der Waals surface area contributed by atoms with E-state index in [0.29, 0.717) is 10.6 Å². The van der Waals surface area contributed by atoms with Crippen LogP contribution >= 0.6 is 23.5 Å². The van der Waals surface area contributed by atoms with E-state index in [2.05, 4.69) is 11.9 Å². The van der Waals surface area contributed by atoms with Gasteiger partial charge in [0, 0.05) is 24.1 Å². The summed E-state index contributed by atoms with van der Waals surface area (Å²) in [5.74, 6) is 1.74. The van der Waals surface area contributed by atoms with Gasteiger partial charge in [0.2, 0.25) is 0 Å². The van der Waals surface area contributed by atoms with E-state index in [-0.39, 0.29) is 0 Å². The van der Waals surface area contributed by atoms with Crippen molar-refractivity contribution in [2.45, 2.75) is 13.8 Å². The Bertz CT molecular complexity index is 346. The predicted octanol–water partition coefficient (Wildman–Crippen LogP) is 3.04. The van der Waals surface area contributed by atoms with Crippen LogP contribution in [0.5, 0.6) is 0 Å². The average molecular weight is 245 g/mol. The van der Waals surface area contributed by atoms with Gasteiger partial charge in [-0.1, -0.05) is 18.5 Å². The standard InChI is InChI=1S/C10H13ClN2OS/c1-3-13(15-4-2)10-5-8(7-14)9(11)6-12-10/h5-7H,3-4H2,1-2H3. The highest BCUT2D eigenvalue weighted by molar-refractivity contribution is 8.00. The number of halogens is 1. The van der Waals surface area contributed by atoms with Crippen LogP contribution in [0.4, 0.5) is 5.82 Å². The zero-order chi connectivity index (χ0) is 11.3. The summed E-state index contributed by atoms with van der Waals surface area (Å²) in [6.45, 7) is 4.95. The molecule has 0 bridgehead atoms. The number of hydrogen-bond acceptors (Lipinski definition) is 4. The molecule has 1 rings (SSSR count). The monoisotopic (exact) mass is 244 g/mol. The van der Waals surface area contributed by atoms with E-state index < -0.39 is 0 Å². The Hall–Kier alpha value is -0.740. The maximum Gasteiger partial charge on any atom is 0.151 e. The van der Waals surface area contributed by atoms with Crippen LogP contribution in [0.15, 0.2) is 12.3 Å². The molecule has 15 heavy (non-hydrogen) atoms. The number of rotatable bonds is 5. The second-order valence-electron chi connectivity index (χ2n) is 2.79. The largest absolute Gasteiger partial charge is 0.301 e. The third-order valence-corrected chi connectivity index (χ3v) is 3.16. The molecule has 1 heterocycles. The number of aromatic nitrogens is 1. The highest BCUT2D eigenvalue weighted by atomic mass is 35.5. The smallest absolute Gasteiger partial charge is 0.151 e. The van der Waals surface area contributed by atoms with Crippen molar-refractivity contribution in [3.8, 4) is 0 Å². The van der Waals surface area contributed by atoms with Gasteiger partial charge in [-0.3, -0.25) is 4.79 Å². The van der Waals surface area contributed by atoms with E-state index in [4.69, 9.17) is 11.6 Å². The minimum Gasteiger partial charge on any atom is -0.301 e. The zero-order valence-electron chi connectivity index (χ0n) is 8.74. The Kier molecular flexibility index (Phi) is 4.91. The molecule has 0 radical (unpaired) electrons. The van der Waals surface area contributed by atoms with Crippen LogP contribution in [0, 0.1) is 0 Å². The van der Waals surface area contributed by atoms with E-state index in [1.807, 2.05) is 11.2 Å². The van der Waals surface area contributed by atoms with E-state index >= 15 is 0 Å². The van der Waals surface area contributed by atoms with Gasteiger partial charge in [0.15, 0.2) is 6.29 Å². The van der Waals surface area contributed by atoms with Crippen molar-refractivity contribution in [1.82, 2.24) is 4.98 Å². The molecule has 3 nitrogen and oxygen atoms in total. The molecule has 1 aromatic heterocycles. The summed E-state index contributed by atoms with van der Waals surface area (Å²) in [6, 6.07) is 1.71. The van der Waals surface area contributed by atoms with Gasteiger partial charge in [0.25, 0.3) is 0 Å². The van der Waals surface area contributed by atoms with Crippen molar-refractivity contribution >= 4 is 35.7 Å². The predicted molar refractivity (Wildman–Crippen MR) is 65.8 cm³/mol. The van der Waals surface area contributed by atoms with Gasteiger partial charge in [-0.2, -0.15) is 0 Å². The van der Waals surface area contributed by atoms with Crippen molar-refractivity contribution in [2.24, 2.45) is 0 Å². The van der Waals surface area contributed by atoms with Crippen LogP contribution in [0.25, 0.3) is 0 Å². The summed E-state index contributed by atoms with van der Waals surface area (Å²) in [5.41, 5.74) is 0.483. The fourth-order valence-electron chi connectivity index (χ4n) is 1.14. The maximum absolute atomic E-state index is 10.7. The molecule has 0 N–H and O–H groups in total. The Balaban J connectivity index is 2.97. The van der Waals surface area contributed by atoms with Gasteiger partial charge in [-0.15, -0.1) is 0 Å². The number of anilines is 1. The van der Waals surface area contributed by atoms with Gasteiger partial charge in [0.1, 0.15) is 5.82 Å². The van der Waals surface area contributed by atoms with Crippen molar-refractivity contribution in [2.75, 3.05) is 16.6 Å². The molecule has 0 fully saturated rings. The quantitative estimate of drug-likeness (QED) is 0.589. The van der Waals surface area contributed by atoms with Crippen LogP contribution in [-0.2, 0) is 0 Å². The topological polar surface area (TPSA) is 33.2 Å². The summed E-state index contributed by atoms with van der Waals surface area (Å²) >= 11 is 7.47. The Morgan fingerprint density at radius 1 is 1.60 bits per heavy atom. The Morgan fingerprint density at radius 3 is 2.87 bits per heavy atom. The molecule has 0 aromatic carbocycles. The van der Waals surface area contributed by atoms with Gasteiger partial charge in [-0.05, 0) is 24.9 Å². The molecule has 0 unspecified atom stereocenters. The molecular formula is C10H13ClN2OS. The van der Waals surface area contributed by atoms with Crippen LogP contribution in [-0.4, -0.2) is 23.6 Å². The van der Waals surface area contributed by atoms with Crippen LogP contribution in [0.3, 0.4) is 0 Å². The molecule has 0 atom stereocenters. The molecule has 0 aliphatic rings. The number of nitrogens with zero attached hydrogens (tertiary/aromatic N) is 2. The number of carbonyl (C=O) groups excluding carboxylic acids is 1. The molecule has 82 valence electrons. The summed E-state index contributed by atoms with van der Waals surface area (Å²) in [7, 11) is 0. The van der Waals surface area contributed by atoms with Gasteiger partial charge < -0.3 is 4.31 Å². The second-order valence-corrected chi connectivity index (χ2v) is 4.48. The van der Waals surface area contributed by atoms with Crippen molar-refractivity contribution in [1.29, 1.82) is 0 Å². The molecule has 5 heteroatoms. The summed E-state index contributed by atoms with van der Waals surface area (Å²) in [6.07, 6.45) is 2.26. The number of aldehydes is 1. The average Bonchev–Trinajstić information content (AvgIpc) is 2.27. The number of hydrogen-bond donors (Lipinski definition) is 0. The molecule has 0 saturated heterocycles. The maximum atomic E-state index is 10.7. The first-order valence-corrected chi connectivity index (χ1v) is 6.06. The molecule has 0 amide bonds.